The molecule has 1 unspecified atom stereocenters. The van der Waals surface area contributed by atoms with E-state index in [1.165, 1.54) is 126 Å². The maximum atomic E-state index is 2.41. The second kappa shape index (κ2) is 16.2. The van der Waals surface area contributed by atoms with Gasteiger partial charge in [0.25, 0.3) is 0 Å². The monoisotopic (exact) mass is 474 g/mol. The molecule has 0 amide bonds. The predicted octanol–water partition coefficient (Wildman–Crippen LogP) is 11.5. The van der Waals surface area contributed by atoms with Crippen LogP contribution in [0, 0.1) is 11.8 Å². The van der Waals surface area contributed by atoms with Crippen LogP contribution in [-0.2, 0) is 6.42 Å². The van der Waals surface area contributed by atoms with E-state index in [0.29, 0.717) is 0 Å². The summed E-state index contributed by atoms with van der Waals surface area (Å²) in [4.78, 5) is 0. The molecule has 2 aromatic rings. The third kappa shape index (κ3) is 10.1. The van der Waals surface area contributed by atoms with Gasteiger partial charge in [-0.2, -0.15) is 0 Å². The molecule has 0 heterocycles. The third-order valence-electron chi connectivity index (χ3n) is 8.76. The van der Waals surface area contributed by atoms with Gasteiger partial charge in [-0.25, -0.2) is 0 Å². The van der Waals surface area contributed by atoms with Crippen LogP contribution in [0.4, 0.5) is 0 Å². The fourth-order valence-electron chi connectivity index (χ4n) is 6.03. The van der Waals surface area contributed by atoms with Crippen molar-refractivity contribution < 1.29 is 0 Å². The topological polar surface area (TPSA) is 0 Å². The van der Waals surface area contributed by atoms with Gasteiger partial charge in [-0.15, -0.1) is 0 Å². The highest BCUT2D eigenvalue weighted by Crippen LogP contribution is 2.38. The summed E-state index contributed by atoms with van der Waals surface area (Å²) in [6.07, 6.45) is 24.1. The highest BCUT2D eigenvalue weighted by Gasteiger charge is 2.22. The van der Waals surface area contributed by atoms with Crippen LogP contribution in [0.5, 0.6) is 0 Å². The van der Waals surface area contributed by atoms with Gasteiger partial charge in [0.15, 0.2) is 0 Å². The van der Waals surface area contributed by atoms with Crippen molar-refractivity contribution in [3.63, 3.8) is 0 Å². The van der Waals surface area contributed by atoms with Gasteiger partial charge in [0.05, 0.1) is 0 Å². The van der Waals surface area contributed by atoms with Crippen LogP contribution in [0.2, 0.25) is 0 Å². The normalized spacial score (nSPS) is 19.1. The Hall–Kier alpha value is -1.56. The lowest BCUT2D eigenvalue weighted by Gasteiger charge is -2.29. The number of benzene rings is 2. The van der Waals surface area contributed by atoms with E-state index in [2.05, 4.69) is 69.3 Å². The molecule has 0 bridgehead atoms. The minimum atomic E-state index is 0.769. The summed E-state index contributed by atoms with van der Waals surface area (Å²) in [6.45, 7) is 6.93. The lowest BCUT2D eigenvalue weighted by molar-refractivity contribution is 0.302. The summed E-state index contributed by atoms with van der Waals surface area (Å²) in [6, 6.07) is 18.8. The minimum absolute atomic E-state index is 0.769. The van der Waals surface area contributed by atoms with E-state index in [9.17, 15) is 0 Å². The quantitative estimate of drug-likeness (QED) is 0.212. The fraction of sp³-hybridized carbons (Fsp3) is 0.657. The van der Waals surface area contributed by atoms with Gasteiger partial charge in [0.2, 0.25) is 0 Å². The molecule has 0 aliphatic heterocycles. The Kier molecular flexibility index (Phi) is 13.0. The molecule has 1 saturated carbocycles. The molecule has 194 valence electrons. The van der Waals surface area contributed by atoms with Crippen molar-refractivity contribution in [2.45, 2.75) is 136 Å². The van der Waals surface area contributed by atoms with E-state index in [1.54, 1.807) is 5.56 Å². The fourth-order valence-corrected chi connectivity index (χ4v) is 6.03. The Morgan fingerprint density at radius 2 is 1.14 bits per heavy atom. The molecule has 0 aromatic heterocycles. The van der Waals surface area contributed by atoms with Gasteiger partial charge in [-0.05, 0) is 72.1 Å². The van der Waals surface area contributed by atoms with Crippen molar-refractivity contribution in [2.24, 2.45) is 11.8 Å². The molecule has 0 radical (unpaired) electrons. The van der Waals surface area contributed by atoms with Crippen LogP contribution in [0.3, 0.4) is 0 Å². The molecule has 0 spiro atoms. The molecule has 1 atom stereocenters. The largest absolute Gasteiger partial charge is 0.0654 e. The molecular formula is C35H54. The van der Waals surface area contributed by atoms with E-state index in [-0.39, 0.29) is 0 Å². The molecule has 1 aliphatic carbocycles. The number of hydrogen-bond acceptors (Lipinski definition) is 0. The first kappa shape index (κ1) is 28.0. The Morgan fingerprint density at radius 1 is 0.629 bits per heavy atom. The molecule has 1 fully saturated rings. The van der Waals surface area contributed by atoms with Gasteiger partial charge in [-0.3, -0.25) is 0 Å². The smallest absolute Gasteiger partial charge is 0.0162 e. The van der Waals surface area contributed by atoms with E-state index in [4.69, 9.17) is 0 Å². The van der Waals surface area contributed by atoms with Crippen molar-refractivity contribution in [2.75, 3.05) is 0 Å². The lowest BCUT2D eigenvalue weighted by Crippen LogP contribution is -2.13. The predicted molar refractivity (Wildman–Crippen MR) is 156 cm³/mol. The first-order valence-corrected chi connectivity index (χ1v) is 15.4. The average molecular weight is 475 g/mol. The third-order valence-corrected chi connectivity index (χ3v) is 8.76. The molecule has 1 aliphatic rings. The van der Waals surface area contributed by atoms with Crippen LogP contribution < -0.4 is 0 Å². The van der Waals surface area contributed by atoms with E-state index in [1.807, 2.05) is 0 Å². The summed E-state index contributed by atoms with van der Waals surface area (Å²) in [7, 11) is 0. The lowest BCUT2D eigenvalue weighted by atomic mass is 9.77. The van der Waals surface area contributed by atoms with E-state index >= 15 is 0 Å². The first-order chi connectivity index (χ1) is 17.2. The average Bonchev–Trinajstić information content (AvgIpc) is 2.90. The number of hydrogen-bond donors (Lipinski definition) is 0. The highest BCUT2D eigenvalue weighted by atomic mass is 14.3. The highest BCUT2D eigenvalue weighted by molar-refractivity contribution is 5.64. The summed E-state index contributed by atoms with van der Waals surface area (Å²) in [5, 5.41) is 0. The molecular weight excluding hydrogens is 420 g/mol. The molecule has 0 nitrogen and oxygen atoms in total. The summed E-state index contributed by atoms with van der Waals surface area (Å²) >= 11 is 0. The summed E-state index contributed by atoms with van der Waals surface area (Å²) in [5.74, 6) is 2.55. The summed E-state index contributed by atoms with van der Waals surface area (Å²) < 4.78 is 0. The SMILES string of the molecule is CCCCCCCCCCCCC1CCC(c2ccc(-c3ccc(CC(C)CC)cc3)cc2)CC1. The second-order valence-electron chi connectivity index (χ2n) is 11.7. The zero-order valence-electron chi connectivity index (χ0n) is 23.4. The Bertz CT molecular complexity index is 776. The van der Waals surface area contributed by atoms with Gasteiger partial charge in [0.1, 0.15) is 0 Å². The van der Waals surface area contributed by atoms with Gasteiger partial charge >= 0.3 is 0 Å². The Balaban J connectivity index is 1.31. The molecule has 3 rings (SSSR count). The zero-order chi connectivity index (χ0) is 24.7. The second-order valence-corrected chi connectivity index (χ2v) is 11.7. The summed E-state index contributed by atoms with van der Waals surface area (Å²) in [5.41, 5.74) is 5.75. The number of unbranched alkanes of at least 4 members (excludes halogenated alkanes) is 9. The number of rotatable bonds is 16. The molecule has 0 saturated heterocycles. The Labute approximate surface area is 218 Å². The molecule has 0 N–H and O–H groups in total. The maximum absolute atomic E-state index is 2.41. The van der Waals surface area contributed by atoms with Crippen molar-refractivity contribution in [3.05, 3.63) is 59.7 Å². The Morgan fingerprint density at radius 3 is 1.69 bits per heavy atom. The van der Waals surface area contributed by atoms with Crippen molar-refractivity contribution in [3.8, 4) is 11.1 Å². The van der Waals surface area contributed by atoms with Crippen molar-refractivity contribution in [1.29, 1.82) is 0 Å². The van der Waals surface area contributed by atoms with Crippen LogP contribution in [0.15, 0.2) is 48.5 Å². The van der Waals surface area contributed by atoms with Crippen molar-refractivity contribution >= 4 is 0 Å². The molecule has 35 heavy (non-hydrogen) atoms. The van der Waals surface area contributed by atoms with Gasteiger partial charge in [0, 0.05) is 0 Å². The van der Waals surface area contributed by atoms with Gasteiger partial charge < -0.3 is 0 Å². The van der Waals surface area contributed by atoms with Crippen LogP contribution in [0.1, 0.15) is 141 Å². The minimum Gasteiger partial charge on any atom is -0.0654 e. The van der Waals surface area contributed by atoms with Crippen molar-refractivity contribution in [1.82, 2.24) is 0 Å². The standard InChI is InChI=1S/C35H54/c1-4-6-7-8-9-10-11-12-13-14-15-30-16-20-32(21-17-30)34-24-26-35(27-25-34)33-22-18-31(19-23-33)28-29(3)5-2/h18-19,22-27,29-30,32H,4-17,20-21,28H2,1-3H3. The van der Waals surface area contributed by atoms with E-state index in [0.717, 1.165) is 17.8 Å². The van der Waals surface area contributed by atoms with Crippen LogP contribution in [-0.4, -0.2) is 0 Å². The van der Waals surface area contributed by atoms with Crippen LogP contribution in [0.25, 0.3) is 11.1 Å². The first-order valence-electron chi connectivity index (χ1n) is 15.4. The van der Waals surface area contributed by atoms with E-state index < -0.39 is 0 Å². The van der Waals surface area contributed by atoms with Crippen LogP contribution >= 0.6 is 0 Å². The zero-order valence-corrected chi connectivity index (χ0v) is 23.4. The van der Waals surface area contributed by atoms with Gasteiger partial charge in [-0.1, -0.05) is 146 Å². The maximum Gasteiger partial charge on any atom is -0.0162 e. The molecule has 0 heteroatoms. The molecule has 2 aromatic carbocycles.